The van der Waals surface area contributed by atoms with E-state index < -0.39 is 0 Å². The van der Waals surface area contributed by atoms with Crippen molar-refractivity contribution in [3.63, 3.8) is 0 Å². The van der Waals surface area contributed by atoms with Crippen molar-refractivity contribution in [1.82, 2.24) is 19.6 Å². The van der Waals surface area contributed by atoms with Gasteiger partial charge in [-0.3, -0.25) is 14.5 Å². The van der Waals surface area contributed by atoms with Crippen molar-refractivity contribution in [3.8, 4) is 11.3 Å². The number of hydrogen-bond donors (Lipinski definition) is 0. The van der Waals surface area contributed by atoms with Gasteiger partial charge in [-0.25, -0.2) is 4.68 Å². The first-order valence-corrected chi connectivity index (χ1v) is 12.2. The van der Waals surface area contributed by atoms with Gasteiger partial charge in [-0.1, -0.05) is 78.4 Å². The Morgan fingerprint density at radius 1 is 0.829 bits per heavy atom. The third-order valence-electron chi connectivity index (χ3n) is 6.70. The Morgan fingerprint density at radius 2 is 1.49 bits per heavy atom. The van der Waals surface area contributed by atoms with E-state index in [0.717, 1.165) is 36.3 Å². The van der Waals surface area contributed by atoms with Gasteiger partial charge >= 0.3 is 0 Å². The van der Waals surface area contributed by atoms with Crippen LogP contribution in [0.4, 0.5) is 0 Å². The molecule has 1 aliphatic heterocycles. The fourth-order valence-electron chi connectivity index (χ4n) is 4.67. The minimum atomic E-state index is -0.156. The second-order valence-corrected chi connectivity index (χ2v) is 9.18. The first-order chi connectivity index (χ1) is 17.1. The summed E-state index contributed by atoms with van der Waals surface area (Å²) >= 11 is 0. The Kier molecular flexibility index (Phi) is 6.73. The van der Waals surface area contributed by atoms with Crippen LogP contribution in [0.5, 0.6) is 0 Å². The lowest BCUT2D eigenvalue weighted by molar-refractivity contribution is -0.133. The Morgan fingerprint density at radius 3 is 2.20 bits per heavy atom. The maximum atomic E-state index is 13.1. The van der Waals surface area contributed by atoms with Crippen LogP contribution in [0.1, 0.15) is 17.5 Å². The van der Waals surface area contributed by atoms with E-state index in [9.17, 15) is 9.59 Å². The molecule has 178 valence electrons. The van der Waals surface area contributed by atoms with Crippen molar-refractivity contribution >= 4 is 16.7 Å². The zero-order chi connectivity index (χ0) is 24.2. The molecule has 4 aromatic rings. The molecule has 2 heterocycles. The van der Waals surface area contributed by atoms with Crippen molar-refractivity contribution in [2.24, 2.45) is 0 Å². The van der Waals surface area contributed by atoms with Gasteiger partial charge in [-0.05, 0) is 18.6 Å². The number of aryl methyl sites for hydroxylation is 2. The lowest BCUT2D eigenvalue weighted by Gasteiger charge is -2.34. The van der Waals surface area contributed by atoms with Gasteiger partial charge in [0.25, 0.3) is 5.56 Å². The number of hydrogen-bond acceptors (Lipinski definition) is 4. The summed E-state index contributed by atoms with van der Waals surface area (Å²) in [7, 11) is 0. The molecule has 0 aliphatic carbocycles. The van der Waals surface area contributed by atoms with Gasteiger partial charge in [0.15, 0.2) is 0 Å². The molecule has 0 bridgehead atoms. The van der Waals surface area contributed by atoms with Gasteiger partial charge in [-0.15, -0.1) is 0 Å². The molecule has 3 aromatic carbocycles. The Labute approximate surface area is 205 Å². The molecular weight excluding hydrogens is 436 g/mol. The van der Waals surface area contributed by atoms with Crippen molar-refractivity contribution < 1.29 is 4.79 Å². The number of aromatic nitrogens is 2. The third kappa shape index (κ3) is 5.17. The van der Waals surface area contributed by atoms with Crippen LogP contribution in [0.2, 0.25) is 0 Å². The average Bonchev–Trinajstić information content (AvgIpc) is 2.90. The molecule has 35 heavy (non-hydrogen) atoms. The molecule has 0 atom stereocenters. The van der Waals surface area contributed by atoms with E-state index in [1.807, 2.05) is 66.4 Å². The monoisotopic (exact) mass is 466 g/mol. The van der Waals surface area contributed by atoms with Gasteiger partial charge in [0, 0.05) is 50.1 Å². The van der Waals surface area contributed by atoms with Gasteiger partial charge in [0.1, 0.15) is 0 Å². The third-order valence-corrected chi connectivity index (χ3v) is 6.70. The number of carbonyl (C=O) groups excluding carboxylic acids is 1. The maximum absolute atomic E-state index is 13.1. The van der Waals surface area contributed by atoms with Crippen molar-refractivity contribution in [2.45, 2.75) is 26.4 Å². The van der Waals surface area contributed by atoms with Crippen LogP contribution >= 0.6 is 0 Å². The fourth-order valence-corrected chi connectivity index (χ4v) is 4.67. The van der Waals surface area contributed by atoms with Gasteiger partial charge < -0.3 is 4.90 Å². The molecule has 0 saturated carbocycles. The summed E-state index contributed by atoms with van der Waals surface area (Å²) in [5.74, 6) is 0.0723. The van der Waals surface area contributed by atoms with Crippen LogP contribution in [-0.4, -0.2) is 51.7 Å². The number of carbonyl (C=O) groups is 1. The van der Waals surface area contributed by atoms with E-state index in [0.29, 0.717) is 18.5 Å². The summed E-state index contributed by atoms with van der Waals surface area (Å²) in [6.45, 7) is 6.34. The predicted molar refractivity (Wildman–Crippen MR) is 139 cm³/mol. The Balaban J connectivity index is 1.28. The van der Waals surface area contributed by atoms with Gasteiger partial charge in [0.2, 0.25) is 5.91 Å². The number of benzene rings is 3. The van der Waals surface area contributed by atoms with E-state index in [2.05, 4.69) is 29.2 Å². The highest BCUT2D eigenvalue weighted by molar-refractivity contribution is 5.93. The predicted octanol–water partition coefficient (Wildman–Crippen LogP) is 4.11. The van der Waals surface area contributed by atoms with Crippen molar-refractivity contribution in [1.29, 1.82) is 0 Å². The molecular formula is C29H30N4O2. The van der Waals surface area contributed by atoms with E-state index in [4.69, 9.17) is 5.10 Å². The summed E-state index contributed by atoms with van der Waals surface area (Å²) in [5, 5.41) is 6.16. The first-order valence-electron chi connectivity index (χ1n) is 12.2. The second kappa shape index (κ2) is 10.2. The Bertz CT molecular complexity index is 1370. The highest BCUT2D eigenvalue weighted by Crippen LogP contribution is 2.25. The molecule has 1 saturated heterocycles. The zero-order valence-electron chi connectivity index (χ0n) is 20.1. The lowest BCUT2D eigenvalue weighted by Crippen LogP contribution is -2.48. The molecule has 0 spiro atoms. The summed E-state index contributed by atoms with van der Waals surface area (Å²) in [5.41, 5.74) is 4.03. The summed E-state index contributed by atoms with van der Waals surface area (Å²) < 4.78 is 1.46. The standard InChI is InChI=1S/C29H30N4O2/c1-22-11-13-24(14-12-22)28-25-9-5-6-10-26(25)29(35)33(30-28)16-15-27(34)32-19-17-31(18-20-32)21-23-7-3-2-4-8-23/h2-14H,15-21H2,1H3. The maximum Gasteiger partial charge on any atom is 0.274 e. The number of fused-ring (bicyclic) bond motifs is 1. The molecule has 6 nitrogen and oxygen atoms in total. The fraction of sp³-hybridized carbons (Fsp3) is 0.276. The van der Waals surface area contributed by atoms with Gasteiger partial charge in [0.05, 0.1) is 17.6 Å². The van der Waals surface area contributed by atoms with Crippen LogP contribution in [0.25, 0.3) is 22.0 Å². The van der Waals surface area contributed by atoms with E-state index in [1.165, 1.54) is 15.8 Å². The van der Waals surface area contributed by atoms with Crippen LogP contribution in [0, 0.1) is 6.92 Å². The molecule has 6 heteroatoms. The van der Waals surface area contributed by atoms with E-state index in [-0.39, 0.29) is 24.4 Å². The SMILES string of the molecule is Cc1ccc(-c2nn(CCC(=O)N3CCN(Cc4ccccc4)CC3)c(=O)c3ccccc23)cc1. The summed E-state index contributed by atoms with van der Waals surface area (Å²) in [6, 6.07) is 26.1. The normalized spacial score (nSPS) is 14.4. The molecule has 5 rings (SSSR count). The quantitative estimate of drug-likeness (QED) is 0.429. The van der Waals surface area contributed by atoms with Crippen LogP contribution < -0.4 is 5.56 Å². The minimum Gasteiger partial charge on any atom is -0.340 e. The number of nitrogens with zero attached hydrogens (tertiary/aromatic N) is 4. The average molecular weight is 467 g/mol. The topological polar surface area (TPSA) is 58.4 Å². The lowest BCUT2D eigenvalue weighted by atomic mass is 10.0. The van der Waals surface area contributed by atoms with Crippen LogP contribution in [-0.2, 0) is 17.9 Å². The molecule has 1 fully saturated rings. The van der Waals surface area contributed by atoms with Crippen LogP contribution in [0.3, 0.4) is 0 Å². The molecule has 0 N–H and O–H groups in total. The minimum absolute atomic E-state index is 0.0723. The largest absolute Gasteiger partial charge is 0.340 e. The molecule has 0 radical (unpaired) electrons. The van der Waals surface area contributed by atoms with E-state index in [1.54, 1.807) is 0 Å². The highest BCUT2D eigenvalue weighted by atomic mass is 16.2. The number of piperazine rings is 1. The van der Waals surface area contributed by atoms with Crippen molar-refractivity contribution in [2.75, 3.05) is 26.2 Å². The smallest absolute Gasteiger partial charge is 0.274 e. The highest BCUT2D eigenvalue weighted by Gasteiger charge is 2.21. The van der Waals surface area contributed by atoms with E-state index >= 15 is 0 Å². The first kappa shape index (κ1) is 23.0. The zero-order valence-corrected chi connectivity index (χ0v) is 20.1. The Hall–Kier alpha value is -3.77. The van der Waals surface area contributed by atoms with Crippen molar-refractivity contribution in [3.05, 3.63) is 100 Å². The summed E-state index contributed by atoms with van der Waals surface area (Å²) in [6.07, 6.45) is 0.261. The van der Waals surface area contributed by atoms with Crippen LogP contribution in [0.15, 0.2) is 83.7 Å². The van der Waals surface area contributed by atoms with Gasteiger partial charge in [-0.2, -0.15) is 5.10 Å². The molecule has 0 unspecified atom stereocenters. The summed E-state index contributed by atoms with van der Waals surface area (Å²) in [4.78, 5) is 30.4. The second-order valence-electron chi connectivity index (χ2n) is 9.18. The molecule has 1 aromatic heterocycles. The molecule has 1 amide bonds. The molecule has 1 aliphatic rings. The number of rotatable bonds is 6. The number of amides is 1.